The molecule has 0 spiro atoms. The predicted molar refractivity (Wildman–Crippen MR) is 70.1 cm³/mol. The maximum Gasteiger partial charge on any atom is 0.460 e. The number of carbonyl (C=O) groups is 2. The molecule has 0 saturated carbocycles. The third-order valence-corrected chi connectivity index (χ3v) is 3.13. The number of hydrogen-bond acceptors (Lipinski definition) is 3. The molecule has 0 amide bonds. The smallest absolute Gasteiger partial charge is 0.460 e. The fourth-order valence-corrected chi connectivity index (χ4v) is 1.81. The lowest BCUT2D eigenvalue weighted by Crippen LogP contribution is -2.63. The SMILES string of the molecule is C=C(C)C(=O)OCC[N+](C)(CC(=O)O)CC(F)(F)C(F)(F)C(F)(F)F. The van der Waals surface area contributed by atoms with Crippen molar-refractivity contribution in [2.24, 2.45) is 0 Å². The van der Waals surface area contributed by atoms with E-state index in [0.717, 1.165) is 7.05 Å². The molecule has 0 aromatic carbocycles. The molecule has 146 valence electrons. The van der Waals surface area contributed by atoms with Gasteiger partial charge in [0.25, 0.3) is 0 Å². The molecule has 5 nitrogen and oxygen atoms in total. The highest BCUT2D eigenvalue weighted by Gasteiger charge is 2.74. The number of rotatable bonds is 9. The average Bonchev–Trinajstić information content (AvgIpc) is 2.34. The summed E-state index contributed by atoms with van der Waals surface area (Å²) in [6, 6.07) is 0. The Morgan fingerprint density at radius 2 is 1.60 bits per heavy atom. The van der Waals surface area contributed by atoms with Crippen LogP contribution in [0.3, 0.4) is 0 Å². The first kappa shape index (κ1) is 23.1. The molecule has 0 aliphatic heterocycles. The van der Waals surface area contributed by atoms with Gasteiger partial charge >= 0.3 is 30.0 Å². The lowest BCUT2D eigenvalue weighted by atomic mass is 10.1. The number of alkyl halides is 7. The predicted octanol–water partition coefficient (Wildman–Crippen LogP) is 2.47. The Kier molecular flexibility index (Phi) is 7.02. The van der Waals surface area contributed by atoms with Crippen molar-refractivity contribution in [2.45, 2.75) is 24.9 Å². The Labute approximate surface area is 138 Å². The molecule has 25 heavy (non-hydrogen) atoms. The third-order valence-electron chi connectivity index (χ3n) is 3.13. The number of hydrogen-bond donors (Lipinski definition) is 1. The zero-order chi connectivity index (χ0) is 20.3. The fourth-order valence-electron chi connectivity index (χ4n) is 1.81. The molecule has 1 unspecified atom stereocenters. The summed E-state index contributed by atoms with van der Waals surface area (Å²) >= 11 is 0. The molecule has 1 N–H and O–H groups in total. The van der Waals surface area contributed by atoms with E-state index in [1.165, 1.54) is 6.92 Å². The Morgan fingerprint density at radius 3 is 1.96 bits per heavy atom. The zero-order valence-corrected chi connectivity index (χ0v) is 13.3. The number of carbonyl (C=O) groups excluding carboxylic acids is 1. The Morgan fingerprint density at radius 1 is 1.12 bits per heavy atom. The molecule has 0 bridgehead atoms. The lowest BCUT2D eigenvalue weighted by molar-refractivity contribution is -0.911. The molecule has 0 aromatic heterocycles. The van der Waals surface area contributed by atoms with Crippen molar-refractivity contribution in [2.75, 3.05) is 33.3 Å². The van der Waals surface area contributed by atoms with Gasteiger partial charge in [0, 0.05) is 5.57 Å². The molecule has 12 heteroatoms. The van der Waals surface area contributed by atoms with Crippen LogP contribution in [-0.4, -0.2) is 72.8 Å². The van der Waals surface area contributed by atoms with Gasteiger partial charge in [0.1, 0.15) is 13.2 Å². The van der Waals surface area contributed by atoms with E-state index < -0.39 is 60.7 Å². The highest BCUT2D eigenvalue weighted by molar-refractivity contribution is 5.86. The summed E-state index contributed by atoms with van der Waals surface area (Å²) in [5.74, 6) is -14.6. The maximum absolute atomic E-state index is 13.6. The molecule has 1 atom stereocenters. The molecule has 0 heterocycles. The van der Waals surface area contributed by atoms with Crippen LogP contribution in [0.25, 0.3) is 0 Å². The maximum atomic E-state index is 13.6. The van der Waals surface area contributed by atoms with E-state index in [-0.39, 0.29) is 5.57 Å². The van der Waals surface area contributed by atoms with Gasteiger partial charge < -0.3 is 14.3 Å². The number of likely N-dealkylation sites (N-methyl/N-ethyl adjacent to an activating group) is 1. The highest BCUT2D eigenvalue weighted by atomic mass is 19.4. The van der Waals surface area contributed by atoms with Crippen LogP contribution in [0, 0.1) is 0 Å². The van der Waals surface area contributed by atoms with E-state index in [1.807, 2.05) is 0 Å². The van der Waals surface area contributed by atoms with Crippen LogP contribution < -0.4 is 0 Å². The number of carboxylic acids is 1. The van der Waals surface area contributed by atoms with Gasteiger partial charge in [0.2, 0.25) is 0 Å². The summed E-state index contributed by atoms with van der Waals surface area (Å²) < 4.78 is 92.8. The van der Waals surface area contributed by atoms with Crippen LogP contribution in [0.5, 0.6) is 0 Å². The van der Waals surface area contributed by atoms with Crippen LogP contribution >= 0.6 is 0 Å². The highest BCUT2D eigenvalue weighted by Crippen LogP contribution is 2.47. The van der Waals surface area contributed by atoms with Gasteiger partial charge in [-0.1, -0.05) is 6.58 Å². The number of aliphatic carboxylic acids is 1. The quantitative estimate of drug-likeness (QED) is 0.287. The minimum Gasteiger partial charge on any atom is -0.477 e. The summed E-state index contributed by atoms with van der Waals surface area (Å²) in [4.78, 5) is 21.9. The monoisotopic (exact) mass is 384 g/mol. The van der Waals surface area contributed by atoms with Crippen LogP contribution in [-0.2, 0) is 14.3 Å². The van der Waals surface area contributed by atoms with Crippen molar-refractivity contribution in [3.63, 3.8) is 0 Å². The Bertz CT molecular complexity index is 533. The number of esters is 1. The minimum absolute atomic E-state index is 0.0682. The summed E-state index contributed by atoms with van der Waals surface area (Å²) in [7, 11) is 0.739. The number of quaternary nitrogens is 1. The van der Waals surface area contributed by atoms with Gasteiger partial charge in [-0.05, 0) is 6.92 Å². The van der Waals surface area contributed by atoms with Gasteiger partial charge in [-0.3, -0.25) is 0 Å². The molecule has 0 aliphatic rings. The zero-order valence-electron chi connectivity index (χ0n) is 13.3. The van der Waals surface area contributed by atoms with Gasteiger partial charge in [-0.15, -0.1) is 0 Å². The molecule has 0 aromatic rings. The van der Waals surface area contributed by atoms with E-state index in [1.54, 1.807) is 0 Å². The second-order valence-corrected chi connectivity index (χ2v) is 5.75. The van der Waals surface area contributed by atoms with E-state index in [0.29, 0.717) is 0 Å². The van der Waals surface area contributed by atoms with Crippen molar-refractivity contribution in [1.29, 1.82) is 0 Å². The van der Waals surface area contributed by atoms with Crippen molar-refractivity contribution in [1.82, 2.24) is 0 Å². The summed E-state index contributed by atoms with van der Waals surface area (Å²) in [6.07, 6.45) is -6.52. The average molecular weight is 384 g/mol. The molecular formula is C13H17F7NO4+. The fraction of sp³-hybridized carbons (Fsp3) is 0.692. The molecule has 0 rings (SSSR count). The number of nitrogens with zero attached hydrogens (tertiary/aromatic N) is 1. The Hall–Kier alpha value is -1.85. The van der Waals surface area contributed by atoms with Gasteiger partial charge in [0.15, 0.2) is 13.1 Å². The number of carboxylic acid groups (broad SMARTS) is 1. The Balaban J connectivity index is 5.35. The summed E-state index contributed by atoms with van der Waals surface area (Å²) in [5.41, 5.74) is -0.0682. The van der Waals surface area contributed by atoms with Crippen molar-refractivity contribution in [3.05, 3.63) is 12.2 Å². The normalized spacial score (nSPS) is 15.4. The van der Waals surface area contributed by atoms with Gasteiger partial charge in [-0.25, -0.2) is 9.59 Å². The summed E-state index contributed by atoms with van der Waals surface area (Å²) in [5, 5.41) is 8.71. The van der Waals surface area contributed by atoms with Crippen LogP contribution in [0.2, 0.25) is 0 Å². The van der Waals surface area contributed by atoms with Crippen molar-refractivity contribution in [3.8, 4) is 0 Å². The van der Waals surface area contributed by atoms with E-state index >= 15 is 0 Å². The first-order valence-electron chi connectivity index (χ1n) is 6.65. The van der Waals surface area contributed by atoms with E-state index in [9.17, 15) is 40.3 Å². The number of halogens is 7. The van der Waals surface area contributed by atoms with E-state index in [2.05, 4.69) is 11.3 Å². The molecule has 0 aliphatic carbocycles. The first-order valence-corrected chi connectivity index (χ1v) is 6.65. The largest absolute Gasteiger partial charge is 0.477 e. The van der Waals surface area contributed by atoms with Crippen LogP contribution in [0.15, 0.2) is 12.2 Å². The van der Waals surface area contributed by atoms with E-state index in [4.69, 9.17) is 5.11 Å². The lowest BCUT2D eigenvalue weighted by Gasteiger charge is -2.38. The minimum atomic E-state index is -6.52. The molecule has 0 fully saturated rings. The van der Waals surface area contributed by atoms with Crippen molar-refractivity contribution < 1.29 is 54.6 Å². The topological polar surface area (TPSA) is 63.6 Å². The molecule has 0 radical (unpaired) electrons. The first-order chi connectivity index (χ1) is 11.0. The van der Waals surface area contributed by atoms with Crippen LogP contribution in [0.4, 0.5) is 30.7 Å². The van der Waals surface area contributed by atoms with Gasteiger partial charge in [0.05, 0.1) is 7.05 Å². The second-order valence-electron chi connectivity index (χ2n) is 5.75. The van der Waals surface area contributed by atoms with Gasteiger partial charge in [-0.2, -0.15) is 30.7 Å². The second kappa shape index (κ2) is 7.58. The third kappa shape index (κ3) is 6.18. The van der Waals surface area contributed by atoms with Crippen LogP contribution in [0.1, 0.15) is 6.92 Å². The number of ether oxygens (including phenoxy) is 1. The standard InChI is InChI=1S/C13H16F7NO4/c1-8(2)10(24)25-5-4-21(3,6-9(22)23)7-11(14,15)12(16,17)13(18,19)20/h1,4-7H2,2-3H3/p+1. The molecular weight excluding hydrogens is 367 g/mol. The van der Waals surface area contributed by atoms with Crippen molar-refractivity contribution >= 4 is 11.9 Å². The molecule has 0 saturated heterocycles. The summed E-state index contributed by atoms with van der Waals surface area (Å²) in [6.45, 7) is -0.245.